The summed E-state index contributed by atoms with van der Waals surface area (Å²) in [5, 5.41) is 3.41. The molecule has 0 atom stereocenters. The zero-order valence-corrected chi connectivity index (χ0v) is 11.1. The van der Waals surface area contributed by atoms with E-state index in [0.29, 0.717) is 0 Å². The van der Waals surface area contributed by atoms with Crippen molar-refractivity contribution in [1.29, 1.82) is 0 Å². The van der Waals surface area contributed by atoms with Crippen LogP contribution in [-0.2, 0) is 6.54 Å². The maximum Gasteiger partial charge on any atom is 0.0369 e. The number of nitrogens with zero attached hydrogens (tertiary/aromatic N) is 2. The zero-order chi connectivity index (χ0) is 12.2. The Balaban J connectivity index is 1.66. The molecule has 0 radical (unpaired) electrons. The van der Waals surface area contributed by atoms with Crippen LogP contribution in [0.2, 0.25) is 0 Å². The summed E-state index contributed by atoms with van der Waals surface area (Å²) in [6.07, 6.45) is 2.70. The molecule has 3 rings (SSSR count). The highest BCUT2D eigenvalue weighted by Crippen LogP contribution is 2.21. The van der Waals surface area contributed by atoms with Gasteiger partial charge in [0, 0.05) is 51.5 Å². The molecule has 0 amide bonds. The highest BCUT2D eigenvalue weighted by Gasteiger charge is 2.14. The predicted molar refractivity (Wildman–Crippen MR) is 76.0 cm³/mol. The van der Waals surface area contributed by atoms with Gasteiger partial charge in [-0.3, -0.25) is 4.90 Å². The Morgan fingerprint density at radius 1 is 1.00 bits per heavy atom. The minimum atomic E-state index is 1.10. The van der Waals surface area contributed by atoms with E-state index in [4.69, 9.17) is 0 Å². The van der Waals surface area contributed by atoms with Crippen LogP contribution in [0.4, 0.5) is 5.69 Å². The van der Waals surface area contributed by atoms with E-state index in [1.807, 2.05) is 0 Å². The first-order valence-electron chi connectivity index (χ1n) is 7.19. The quantitative estimate of drug-likeness (QED) is 0.874. The molecule has 0 aliphatic carbocycles. The van der Waals surface area contributed by atoms with Crippen molar-refractivity contribution in [2.75, 3.05) is 44.2 Å². The van der Waals surface area contributed by atoms with Crippen molar-refractivity contribution in [1.82, 2.24) is 10.2 Å². The minimum absolute atomic E-state index is 1.10. The second-order valence-corrected chi connectivity index (χ2v) is 5.39. The van der Waals surface area contributed by atoms with Gasteiger partial charge in [0.15, 0.2) is 0 Å². The van der Waals surface area contributed by atoms with Gasteiger partial charge in [-0.1, -0.05) is 12.1 Å². The van der Waals surface area contributed by atoms with E-state index in [-0.39, 0.29) is 0 Å². The van der Waals surface area contributed by atoms with Crippen LogP contribution >= 0.6 is 0 Å². The topological polar surface area (TPSA) is 18.5 Å². The monoisotopic (exact) mass is 245 g/mol. The number of anilines is 1. The van der Waals surface area contributed by atoms with Gasteiger partial charge in [0.1, 0.15) is 0 Å². The first kappa shape index (κ1) is 12.0. The summed E-state index contributed by atoms with van der Waals surface area (Å²) in [5.41, 5.74) is 2.88. The third-order valence-electron chi connectivity index (χ3n) is 4.00. The SMILES string of the molecule is c1cc(CN2CCNCC2)cc(N2CCCC2)c1. The van der Waals surface area contributed by atoms with Crippen molar-refractivity contribution in [3.05, 3.63) is 29.8 Å². The first-order chi connectivity index (χ1) is 8.92. The van der Waals surface area contributed by atoms with Crippen molar-refractivity contribution in [3.8, 4) is 0 Å². The lowest BCUT2D eigenvalue weighted by Crippen LogP contribution is -2.42. The second kappa shape index (κ2) is 5.72. The molecule has 2 heterocycles. The molecule has 0 spiro atoms. The van der Waals surface area contributed by atoms with E-state index in [2.05, 4.69) is 39.4 Å². The second-order valence-electron chi connectivity index (χ2n) is 5.39. The Hall–Kier alpha value is -1.06. The summed E-state index contributed by atoms with van der Waals surface area (Å²) in [6.45, 7) is 8.18. The minimum Gasteiger partial charge on any atom is -0.372 e. The maximum absolute atomic E-state index is 3.41. The lowest BCUT2D eigenvalue weighted by atomic mass is 10.1. The van der Waals surface area contributed by atoms with Gasteiger partial charge in [-0.05, 0) is 30.5 Å². The molecule has 2 aliphatic rings. The molecule has 3 nitrogen and oxygen atoms in total. The van der Waals surface area contributed by atoms with Gasteiger partial charge >= 0.3 is 0 Å². The maximum atomic E-state index is 3.41. The van der Waals surface area contributed by atoms with Gasteiger partial charge in [0.2, 0.25) is 0 Å². The third-order valence-corrected chi connectivity index (χ3v) is 4.00. The van der Waals surface area contributed by atoms with Crippen molar-refractivity contribution < 1.29 is 0 Å². The highest BCUT2D eigenvalue weighted by molar-refractivity contribution is 5.49. The normalized spacial score (nSPS) is 21.4. The van der Waals surface area contributed by atoms with Crippen molar-refractivity contribution in [2.24, 2.45) is 0 Å². The van der Waals surface area contributed by atoms with Crippen molar-refractivity contribution >= 4 is 5.69 Å². The number of nitrogens with one attached hydrogen (secondary N) is 1. The summed E-state index contributed by atoms with van der Waals surface area (Å²) in [6, 6.07) is 9.12. The fraction of sp³-hybridized carbons (Fsp3) is 0.600. The number of hydrogen-bond donors (Lipinski definition) is 1. The van der Waals surface area contributed by atoms with Gasteiger partial charge in [-0.15, -0.1) is 0 Å². The molecule has 1 aromatic rings. The van der Waals surface area contributed by atoms with E-state index in [9.17, 15) is 0 Å². The Labute approximate surface area is 110 Å². The summed E-state index contributed by atoms with van der Waals surface area (Å²) in [5.74, 6) is 0. The van der Waals surface area contributed by atoms with Crippen LogP contribution in [0, 0.1) is 0 Å². The summed E-state index contributed by atoms with van der Waals surface area (Å²) in [4.78, 5) is 5.06. The van der Waals surface area contributed by atoms with E-state index in [1.54, 1.807) is 0 Å². The van der Waals surface area contributed by atoms with Gasteiger partial charge < -0.3 is 10.2 Å². The molecule has 3 heteroatoms. The van der Waals surface area contributed by atoms with Gasteiger partial charge in [0.05, 0.1) is 0 Å². The smallest absolute Gasteiger partial charge is 0.0369 e. The Kier molecular flexibility index (Phi) is 3.81. The van der Waals surface area contributed by atoms with E-state index >= 15 is 0 Å². The molecule has 2 aliphatic heterocycles. The Bertz CT molecular complexity index is 379. The molecule has 0 aromatic heterocycles. The molecule has 18 heavy (non-hydrogen) atoms. The largest absolute Gasteiger partial charge is 0.372 e. The average molecular weight is 245 g/mol. The molecule has 98 valence electrons. The van der Waals surface area contributed by atoms with Crippen LogP contribution in [0.25, 0.3) is 0 Å². The predicted octanol–water partition coefficient (Wildman–Crippen LogP) is 1.69. The lowest BCUT2D eigenvalue weighted by molar-refractivity contribution is 0.233. The lowest BCUT2D eigenvalue weighted by Gasteiger charge is -2.27. The van der Waals surface area contributed by atoms with E-state index in [1.165, 1.54) is 50.3 Å². The molecule has 1 aromatic carbocycles. The molecule has 2 saturated heterocycles. The average Bonchev–Trinajstić information content (AvgIpc) is 2.94. The number of hydrogen-bond acceptors (Lipinski definition) is 3. The van der Waals surface area contributed by atoms with Gasteiger partial charge in [-0.25, -0.2) is 0 Å². The molecule has 0 bridgehead atoms. The van der Waals surface area contributed by atoms with Gasteiger partial charge in [-0.2, -0.15) is 0 Å². The summed E-state index contributed by atoms with van der Waals surface area (Å²) in [7, 11) is 0. The molecule has 0 unspecified atom stereocenters. The first-order valence-corrected chi connectivity index (χ1v) is 7.19. The van der Waals surface area contributed by atoms with E-state index < -0.39 is 0 Å². The fourth-order valence-corrected chi connectivity index (χ4v) is 2.95. The van der Waals surface area contributed by atoms with Crippen LogP contribution in [-0.4, -0.2) is 44.2 Å². The number of piperazine rings is 1. The molecule has 0 saturated carbocycles. The Morgan fingerprint density at radius 2 is 1.78 bits per heavy atom. The molecular weight excluding hydrogens is 222 g/mol. The molecule has 1 N–H and O–H groups in total. The van der Waals surface area contributed by atoms with Crippen molar-refractivity contribution in [2.45, 2.75) is 19.4 Å². The van der Waals surface area contributed by atoms with E-state index in [0.717, 1.165) is 19.6 Å². The highest BCUT2D eigenvalue weighted by atomic mass is 15.2. The summed E-state index contributed by atoms with van der Waals surface area (Å²) < 4.78 is 0. The molecule has 2 fully saturated rings. The fourth-order valence-electron chi connectivity index (χ4n) is 2.95. The van der Waals surface area contributed by atoms with Gasteiger partial charge in [0.25, 0.3) is 0 Å². The summed E-state index contributed by atoms with van der Waals surface area (Å²) >= 11 is 0. The zero-order valence-electron chi connectivity index (χ0n) is 11.1. The number of benzene rings is 1. The standard InChI is InChI=1S/C15H23N3/c1-2-9-18(8-1)15-5-3-4-14(12-15)13-17-10-6-16-7-11-17/h3-5,12,16H,1-2,6-11,13H2. The van der Waals surface area contributed by atoms with Crippen LogP contribution in [0.3, 0.4) is 0 Å². The van der Waals surface area contributed by atoms with Crippen LogP contribution in [0.5, 0.6) is 0 Å². The Morgan fingerprint density at radius 3 is 2.56 bits per heavy atom. The van der Waals surface area contributed by atoms with Crippen molar-refractivity contribution in [3.63, 3.8) is 0 Å². The molecular formula is C15H23N3. The van der Waals surface area contributed by atoms with Crippen LogP contribution in [0.1, 0.15) is 18.4 Å². The van der Waals surface area contributed by atoms with Crippen LogP contribution < -0.4 is 10.2 Å². The van der Waals surface area contributed by atoms with Crippen LogP contribution in [0.15, 0.2) is 24.3 Å². The number of rotatable bonds is 3. The third kappa shape index (κ3) is 2.85.